The van der Waals surface area contributed by atoms with Crippen molar-refractivity contribution in [3.05, 3.63) is 23.1 Å². The zero-order chi connectivity index (χ0) is 12.1. The molecule has 3 N–H and O–H groups in total. The molecule has 1 heterocycles. The number of ether oxygens (including phenoxy) is 1. The minimum atomic E-state index is -1.31. The molecule has 16 heavy (non-hydrogen) atoms. The third-order valence-corrected chi connectivity index (χ3v) is 1.57. The van der Waals surface area contributed by atoms with Gasteiger partial charge in [-0.15, -0.1) is 0 Å². The Morgan fingerprint density at radius 1 is 1.69 bits per heavy atom. The lowest BCUT2D eigenvalue weighted by atomic mass is 10.3. The Kier molecular flexibility index (Phi) is 3.49. The van der Waals surface area contributed by atoms with Crippen LogP contribution >= 0.6 is 0 Å². The number of aromatic nitrogens is 2. The summed E-state index contributed by atoms with van der Waals surface area (Å²) in [7, 11) is 1.16. The van der Waals surface area contributed by atoms with E-state index in [0.717, 1.165) is 13.2 Å². The zero-order valence-electron chi connectivity index (χ0n) is 8.22. The lowest BCUT2D eigenvalue weighted by molar-refractivity contribution is 0.0593. The van der Waals surface area contributed by atoms with Crippen LogP contribution < -0.4 is 5.62 Å². The molecule has 0 atom stereocenters. The standard InChI is InChI=1S/C8H8N4O4/c1-16-7(15)5-2-4(6(13)14)11-8(12-5)10-3-9/h2-3H,1H3,(H,13,14)(H2,9,10,11,12). The first-order chi connectivity index (χ1) is 7.58. The van der Waals surface area contributed by atoms with Gasteiger partial charge in [-0.1, -0.05) is 0 Å². The van der Waals surface area contributed by atoms with Gasteiger partial charge in [0, 0.05) is 6.07 Å². The predicted molar refractivity (Wildman–Crippen MR) is 51.2 cm³/mol. The van der Waals surface area contributed by atoms with Crippen molar-refractivity contribution in [2.24, 2.45) is 4.99 Å². The summed E-state index contributed by atoms with van der Waals surface area (Å²) in [5, 5.41) is 15.5. The topological polar surface area (TPSA) is 128 Å². The third-order valence-electron chi connectivity index (χ3n) is 1.57. The highest BCUT2D eigenvalue weighted by Gasteiger charge is 2.12. The second kappa shape index (κ2) is 4.82. The maximum Gasteiger partial charge on any atom is 0.354 e. The average Bonchev–Trinajstić information content (AvgIpc) is 2.28. The van der Waals surface area contributed by atoms with Crippen molar-refractivity contribution in [3.63, 3.8) is 0 Å². The van der Waals surface area contributed by atoms with E-state index in [-0.39, 0.29) is 17.0 Å². The van der Waals surface area contributed by atoms with Gasteiger partial charge in [0.1, 0.15) is 12.0 Å². The Hall–Kier alpha value is -2.51. The molecule has 8 nitrogen and oxygen atoms in total. The van der Waals surface area contributed by atoms with Crippen molar-refractivity contribution in [2.45, 2.75) is 0 Å². The number of nitrogens with one attached hydrogen (secondary N) is 2. The first-order valence-corrected chi connectivity index (χ1v) is 4.04. The number of nitrogens with zero attached hydrogens (tertiary/aromatic N) is 2. The average molecular weight is 224 g/mol. The number of hydrogen-bond donors (Lipinski definition) is 3. The normalized spacial score (nSPS) is 10.9. The van der Waals surface area contributed by atoms with Gasteiger partial charge in [-0.25, -0.2) is 19.6 Å². The van der Waals surface area contributed by atoms with Gasteiger partial charge < -0.3 is 14.8 Å². The molecule has 84 valence electrons. The van der Waals surface area contributed by atoms with Gasteiger partial charge >= 0.3 is 11.9 Å². The van der Waals surface area contributed by atoms with Crippen LogP contribution in [0, 0.1) is 5.41 Å². The fourth-order valence-corrected chi connectivity index (χ4v) is 0.919. The molecule has 0 aliphatic rings. The lowest BCUT2D eigenvalue weighted by Crippen LogP contribution is -2.22. The van der Waals surface area contributed by atoms with Gasteiger partial charge in [0.2, 0.25) is 5.62 Å². The largest absolute Gasteiger partial charge is 0.477 e. The Bertz CT molecular complexity index is 505. The number of carboxylic acids is 1. The maximum atomic E-state index is 11.2. The number of carbonyl (C=O) groups is 2. The molecule has 0 spiro atoms. The Labute approximate surface area is 89.1 Å². The Balaban J connectivity index is 3.41. The van der Waals surface area contributed by atoms with Crippen LogP contribution in [0.4, 0.5) is 0 Å². The number of methoxy groups -OCH3 is 1. The predicted octanol–water partition coefficient (Wildman–Crippen LogP) is -0.598. The number of carboxylic acid groups (broad SMARTS) is 1. The number of rotatable bonds is 3. The molecule has 0 unspecified atom stereocenters. The summed E-state index contributed by atoms with van der Waals surface area (Å²) in [5.74, 6) is -2.05. The number of esters is 1. The second-order valence-corrected chi connectivity index (χ2v) is 2.56. The highest BCUT2D eigenvalue weighted by atomic mass is 16.5. The van der Waals surface area contributed by atoms with Gasteiger partial charge in [0.25, 0.3) is 0 Å². The van der Waals surface area contributed by atoms with E-state index < -0.39 is 11.9 Å². The monoisotopic (exact) mass is 224 g/mol. The SMILES string of the molecule is COC(=O)c1cc(C(=O)O)n/c(=N/C=N)[nH]1. The molecule has 1 rings (SSSR count). The lowest BCUT2D eigenvalue weighted by Gasteiger charge is -2.00. The molecule has 0 aliphatic carbocycles. The zero-order valence-corrected chi connectivity index (χ0v) is 8.22. The summed E-state index contributed by atoms with van der Waals surface area (Å²) in [5.41, 5.74) is -0.620. The van der Waals surface area contributed by atoms with Crippen molar-refractivity contribution >= 4 is 18.3 Å². The Morgan fingerprint density at radius 2 is 2.38 bits per heavy atom. The third kappa shape index (κ3) is 2.50. The minimum absolute atomic E-state index is 0.101. The van der Waals surface area contributed by atoms with Crippen molar-refractivity contribution in [1.82, 2.24) is 9.97 Å². The van der Waals surface area contributed by atoms with Crippen LogP contribution in [-0.2, 0) is 4.74 Å². The van der Waals surface area contributed by atoms with Gasteiger partial charge in [-0.2, -0.15) is 0 Å². The second-order valence-electron chi connectivity index (χ2n) is 2.56. The summed E-state index contributed by atoms with van der Waals surface area (Å²) in [4.78, 5) is 31.3. The summed E-state index contributed by atoms with van der Waals surface area (Å²) in [6.45, 7) is 0. The van der Waals surface area contributed by atoms with Crippen LogP contribution in [-0.4, -0.2) is 40.5 Å². The first-order valence-electron chi connectivity index (χ1n) is 4.04. The van der Waals surface area contributed by atoms with Crippen molar-refractivity contribution < 1.29 is 19.4 Å². The molecule has 0 saturated heterocycles. The molecule has 0 fully saturated rings. The highest BCUT2D eigenvalue weighted by Crippen LogP contribution is 1.97. The van der Waals surface area contributed by atoms with Crippen LogP contribution in [0.25, 0.3) is 0 Å². The molecular weight excluding hydrogens is 216 g/mol. The van der Waals surface area contributed by atoms with Crippen molar-refractivity contribution in [2.75, 3.05) is 7.11 Å². The summed E-state index contributed by atoms with van der Waals surface area (Å²) < 4.78 is 4.41. The number of aromatic amines is 1. The van der Waals surface area contributed by atoms with Gasteiger partial charge in [0.05, 0.1) is 7.11 Å². The molecule has 0 radical (unpaired) electrons. The van der Waals surface area contributed by atoms with Crippen LogP contribution in [0.1, 0.15) is 21.0 Å². The first kappa shape index (κ1) is 11.6. The molecule has 8 heteroatoms. The van der Waals surface area contributed by atoms with Crippen molar-refractivity contribution in [3.8, 4) is 0 Å². The maximum absolute atomic E-state index is 11.2. The summed E-state index contributed by atoms with van der Waals surface area (Å²) >= 11 is 0. The van der Waals surface area contributed by atoms with Crippen LogP contribution in [0.15, 0.2) is 11.1 Å². The van der Waals surface area contributed by atoms with Gasteiger partial charge in [-0.05, 0) is 0 Å². The highest BCUT2D eigenvalue weighted by molar-refractivity contribution is 5.91. The minimum Gasteiger partial charge on any atom is -0.477 e. The summed E-state index contributed by atoms with van der Waals surface area (Å²) in [6, 6.07) is 1.02. The van der Waals surface area contributed by atoms with E-state index in [1.165, 1.54) is 0 Å². The van der Waals surface area contributed by atoms with E-state index in [9.17, 15) is 9.59 Å². The van der Waals surface area contributed by atoms with Gasteiger partial charge in [-0.3, -0.25) is 5.41 Å². The molecule has 0 saturated carbocycles. The smallest absolute Gasteiger partial charge is 0.354 e. The molecule has 1 aromatic rings. The van der Waals surface area contributed by atoms with Gasteiger partial charge in [0.15, 0.2) is 5.69 Å². The van der Waals surface area contributed by atoms with E-state index in [1.54, 1.807) is 0 Å². The van der Waals surface area contributed by atoms with E-state index >= 15 is 0 Å². The quantitative estimate of drug-likeness (QED) is 0.358. The van der Waals surface area contributed by atoms with Crippen LogP contribution in [0.3, 0.4) is 0 Å². The number of carbonyl (C=O) groups excluding carboxylic acids is 1. The fourth-order valence-electron chi connectivity index (χ4n) is 0.919. The van der Waals surface area contributed by atoms with E-state index in [1.807, 2.05) is 0 Å². The van der Waals surface area contributed by atoms with Crippen LogP contribution in [0.2, 0.25) is 0 Å². The fraction of sp³-hybridized carbons (Fsp3) is 0.125. The number of hydrogen-bond acceptors (Lipinski definition) is 5. The van der Waals surface area contributed by atoms with Crippen molar-refractivity contribution in [1.29, 1.82) is 5.41 Å². The Morgan fingerprint density at radius 3 is 2.88 bits per heavy atom. The van der Waals surface area contributed by atoms with E-state index in [0.29, 0.717) is 6.34 Å². The molecule has 0 amide bonds. The number of aromatic carboxylic acids is 1. The summed E-state index contributed by atoms with van der Waals surface area (Å²) in [6.07, 6.45) is 0.672. The molecule has 0 aromatic carbocycles. The molecule has 1 aromatic heterocycles. The van der Waals surface area contributed by atoms with E-state index in [4.69, 9.17) is 10.5 Å². The number of H-pyrrole nitrogens is 1. The van der Waals surface area contributed by atoms with Crippen LogP contribution in [0.5, 0.6) is 0 Å². The molecular formula is C8H8N4O4. The van der Waals surface area contributed by atoms with E-state index in [2.05, 4.69) is 19.7 Å². The molecule has 0 bridgehead atoms. The molecule has 0 aliphatic heterocycles.